The molecule has 1 unspecified atom stereocenters. The molecule has 2 atom stereocenters. The van der Waals surface area contributed by atoms with Crippen molar-refractivity contribution in [2.24, 2.45) is 5.73 Å². The summed E-state index contributed by atoms with van der Waals surface area (Å²) in [6.45, 7) is 1.44. The van der Waals surface area contributed by atoms with Gasteiger partial charge in [0, 0.05) is 6.54 Å². The summed E-state index contributed by atoms with van der Waals surface area (Å²) in [4.78, 5) is 21.8. The van der Waals surface area contributed by atoms with Gasteiger partial charge in [0.15, 0.2) is 0 Å². The monoisotopic (exact) mass is 245 g/mol. The van der Waals surface area contributed by atoms with Crippen molar-refractivity contribution in [1.29, 1.82) is 0 Å². The number of unbranched alkanes of at least 4 members (excludes halogenated alkanes) is 1. The summed E-state index contributed by atoms with van der Waals surface area (Å²) < 4.78 is 12.1. The van der Waals surface area contributed by atoms with Gasteiger partial charge in [0.05, 0.1) is 12.1 Å². The Morgan fingerprint density at radius 3 is 2.82 bits per heavy atom. The third-order valence-corrected chi connectivity index (χ3v) is 2.91. The number of hydrogen-bond acceptors (Lipinski definition) is 4. The lowest BCUT2D eigenvalue weighted by molar-refractivity contribution is -0.130. The van der Waals surface area contributed by atoms with Gasteiger partial charge >= 0.3 is 6.04 Å². The molecule has 1 heterocycles. The summed E-state index contributed by atoms with van der Waals surface area (Å²) in [6, 6.07) is -2.55. The zero-order valence-corrected chi connectivity index (χ0v) is 9.88. The number of halogens is 1. The molecule has 0 aromatic rings. The topological polar surface area (TPSA) is 84.2 Å². The lowest BCUT2D eigenvalue weighted by Gasteiger charge is -2.11. The van der Waals surface area contributed by atoms with Crippen LogP contribution in [0.25, 0.3) is 0 Å². The Bertz CT molecular complexity index is 267. The Morgan fingerprint density at radius 2 is 2.24 bits per heavy atom. The summed E-state index contributed by atoms with van der Waals surface area (Å²) >= 11 is 0. The van der Waals surface area contributed by atoms with Gasteiger partial charge in [-0.1, -0.05) is 0 Å². The standard InChI is InChI=1S/C11H20FN3O2/c12-10(16)8(13)4-1-2-6-15-11(17)9-5-3-7-14-9/h8-9,14H,1-7,13H2,(H,15,17)/t8-,9?/m0/s1. The second kappa shape index (κ2) is 7.34. The molecule has 0 saturated carbocycles. The lowest BCUT2D eigenvalue weighted by atomic mass is 10.1. The van der Waals surface area contributed by atoms with Crippen LogP contribution in [0.2, 0.25) is 0 Å². The van der Waals surface area contributed by atoms with E-state index in [2.05, 4.69) is 10.6 Å². The maximum atomic E-state index is 12.1. The van der Waals surface area contributed by atoms with Crippen molar-refractivity contribution in [3.8, 4) is 0 Å². The van der Waals surface area contributed by atoms with Gasteiger partial charge in [-0.3, -0.25) is 9.59 Å². The number of carbonyl (C=O) groups is 2. The first kappa shape index (κ1) is 14.1. The Hall–Kier alpha value is -1.01. The molecular formula is C11H20FN3O2. The first-order chi connectivity index (χ1) is 8.11. The van der Waals surface area contributed by atoms with Crippen LogP contribution in [0, 0.1) is 0 Å². The lowest BCUT2D eigenvalue weighted by Crippen LogP contribution is -2.40. The van der Waals surface area contributed by atoms with Gasteiger partial charge in [0.25, 0.3) is 0 Å². The van der Waals surface area contributed by atoms with Gasteiger partial charge in [0.1, 0.15) is 0 Å². The average molecular weight is 245 g/mol. The van der Waals surface area contributed by atoms with Crippen molar-refractivity contribution in [2.45, 2.75) is 44.2 Å². The minimum absolute atomic E-state index is 0.0216. The van der Waals surface area contributed by atoms with Crippen molar-refractivity contribution in [3.63, 3.8) is 0 Å². The normalized spacial score (nSPS) is 21.2. The number of rotatable bonds is 7. The van der Waals surface area contributed by atoms with E-state index in [1.54, 1.807) is 0 Å². The molecule has 6 heteroatoms. The molecule has 0 spiro atoms. The zero-order valence-electron chi connectivity index (χ0n) is 9.88. The van der Waals surface area contributed by atoms with Crippen LogP contribution >= 0.6 is 0 Å². The van der Waals surface area contributed by atoms with E-state index in [-0.39, 0.29) is 11.9 Å². The quantitative estimate of drug-likeness (QED) is 0.430. The molecule has 4 N–H and O–H groups in total. The predicted octanol–water partition coefficient (Wildman–Crippen LogP) is -0.152. The summed E-state index contributed by atoms with van der Waals surface area (Å²) in [7, 11) is 0. The number of hydrogen-bond donors (Lipinski definition) is 3. The number of nitrogens with two attached hydrogens (primary N) is 1. The van der Waals surface area contributed by atoms with Gasteiger partial charge in [-0.05, 0) is 38.6 Å². The fourth-order valence-corrected chi connectivity index (χ4v) is 1.85. The highest BCUT2D eigenvalue weighted by Gasteiger charge is 2.21. The van der Waals surface area contributed by atoms with Crippen molar-refractivity contribution >= 4 is 11.9 Å². The first-order valence-corrected chi connectivity index (χ1v) is 6.07. The molecule has 1 saturated heterocycles. The van der Waals surface area contributed by atoms with Crippen LogP contribution in [-0.2, 0) is 9.59 Å². The zero-order chi connectivity index (χ0) is 12.7. The van der Waals surface area contributed by atoms with Gasteiger partial charge in [-0.25, -0.2) is 0 Å². The van der Waals surface area contributed by atoms with Crippen molar-refractivity contribution in [2.75, 3.05) is 13.1 Å². The van der Waals surface area contributed by atoms with Gasteiger partial charge in [-0.15, -0.1) is 0 Å². The molecule has 1 aliphatic rings. The summed E-state index contributed by atoms with van der Waals surface area (Å²) in [5.41, 5.74) is 5.24. The molecule has 1 aliphatic heterocycles. The molecule has 0 aliphatic carbocycles. The van der Waals surface area contributed by atoms with Crippen LogP contribution in [0.5, 0.6) is 0 Å². The highest BCUT2D eigenvalue weighted by atomic mass is 19.1. The Morgan fingerprint density at radius 1 is 1.47 bits per heavy atom. The maximum Gasteiger partial charge on any atom is 0.318 e. The van der Waals surface area contributed by atoms with E-state index in [1.165, 1.54) is 0 Å². The minimum Gasteiger partial charge on any atom is -0.355 e. The highest BCUT2D eigenvalue weighted by Crippen LogP contribution is 2.05. The van der Waals surface area contributed by atoms with Crippen LogP contribution in [0.3, 0.4) is 0 Å². The molecule has 17 heavy (non-hydrogen) atoms. The second-order valence-electron chi connectivity index (χ2n) is 4.35. The van der Waals surface area contributed by atoms with Crippen LogP contribution in [0.1, 0.15) is 32.1 Å². The van der Waals surface area contributed by atoms with Crippen LogP contribution in [-0.4, -0.2) is 37.1 Å². The third kappa shape index (κ3) is 5.23. The molecule has 0 aromatic heterocycles. The Labute approximate surface area is 100 Å². The summed E-state index contributed by atoms with van der Waals surface area (Å²) in [5, 5.41) is 5.91. The Kier molecular flexibility index (Phi) is 6.07. The average Bonchev–Trinajstić information content (AvgIpc) is 2.81. The minimum atomic E-state index is -1.47. The molecule has 5 nitrogen and oxygen atoms in total. The van der Waals surface area contributed by atoms with Crippen LogP contribution < -0.4 is 16.4 Å². The summed E-state index contributed by atoms with van der Waals surface area (Å²) in [5.74, 6) is 0.0216. The van der Waals surface area contributed by atoms with Crippen molar-refractivity contribution in [1.82, 2.24) is 10.6 Å². The highest BCUT2D eigenvalue weighted by molar-refractivity contribution is 5.81. The maximum absolute atomic E-state index is 12.1. The van der Waals surface area contributed by atoms with Gasteiger partial charge in [0.2, 0.25) is 5.91 Å². The SMILES string of the molecule is N[C@@H](CCCCNC(=O)C1CCCN1)C(=O)F. The van der Waals surface area contributed by atoms with E-state index in [1.807, 2.05) is 0 Å². The second-order valence-corrected chi connectivity index (χ2v) is 4.35. The molecule has 98 valence electrons. The predicted molar refractivity (Wildman–Crippen MR) is 62.0 cm³/mol. The smallest absolute Gasteiger partial charge is 0.318 e. The first-order valence-electron chi connectivity index (χ1n) is 6.07. The van der Waals surface area contributed by atoms with Gasteiger partial charge in [-0.2, -0.15) is 4.39 Å². The molecule has 0 bridgehead atoms. The molecule has 1 rings (SSSR count). The fourth-order valence-electron chi connectivity index (χ4n) is 1.85. The summed E-state index contributed by atoms with van der Waals surface area (Å²) in [6.07, 6.45) is 3.58. The van der Waals surface area contributed by atoms with E-state index in [0.717, 1.165) is 19.4 Å². The van der Waals surface area contributed by atoms with E-state index in [4.69, 9.17) is 5.73 Å². The van der Waals surface area contributed by atoms with Crippen molar-refractivity contribution in [3.05, 3.63) is 0 Å². The number of nitrogens with one attached hydrogen (secondary N) is 2. The largest absolute Gasteiger partial charge is 0.355 e. The number of amides is 1. The number of carbonyl (C=O) groups excluding carboxylic acids is 2. The fraction of sp³-hybridized carbons (Fsp3) is 0.818. The van der Waals surface area contributed by atoms with Crippen LogP contribution in [0.4, 0.5) is 4.39 Å². The third-order valence-electron chi connectivity index (χ3n) is 2.91. The van der Waals surface area contributed by atoms with Gasteiger partial charge < -0.3 is 16.4 Å². The molecule has 0 aromatic carbocycles. The molecule has 1 fully saturated rings. The van der Waals surface area contributed by atoms with E-state index in [9.17, 15) is 14.0 Å². The van der Waals surface area contributed by atoms with Crippen LogP contribution in [0.15, 0.2) is 0 Å². The molecule has 1 amide bonds. The molecule has 0 radical (unpaired) electrons. The van der Waals surface area contributed by atoms with E-state index in [0.29, 0.717) is 25.8 Å². The van der Waals surface area contributed by atoms with E-state index >= 15 is 0 Å². The molecular weight excluding hydrogens is 225 g/mol. The Balaban J connectivity index is 2.00. The van der Waals surface area contributed by atoms with E-state index < -0.39 is 12.1 Å². The van der Waals surface area contributed by atoms with Crippen molar-refractivity contribution < 1.29 is 14.0 Å².